The second-order valence-electron chi connectivity index (χ2n) is 3.20. The summed E-state index contributed by atoms with van der Waals surface area (Å²) in [5, 5.41) is 2.13. The van der Waals surface area contributed by atoms with Crippen LogP contribution in [0.3, 0.4) is 0 Å². The van der Waals surface area contributed by atoms with Crippen LogP contribution in [0.25, 0.3) is 0 Å². The first-order valence-electron chi connectivity index (χ1n) is 4.92. The molecule has 1 heterocycles. The maximum atomic E-state index is 12.0. The summed E-state index contributed by atoms with van der Waals surface area (Å²) in [4.78, 5) is 7.68. The summed E-state index contributed by atoms with van der Waals surface area (Å²) in [6, 6.07) is 1.24. The number of nitrogens with two attached hydrogens (primary N) is 1. The number of nitrogen functional groups attached to an aromatic ring is 1. The molecule has 0 unspecified atom stereocenters. The highest BCUT2D eigenvalue weighted by Gasteiger charge is 2.26. The van der Waals surface area contributed by atoms with Crippen molar-refractivity contribution in [3.05, 3.63) is 11.9 Å². The van der Waals surface area contributed by atoms with Gasteiger partial charge >= 0.3 is 6.18 Å². The molecule has 3 N–H and O–H groups in total. The number of alkyl halides is 3. The first-order chi connectivity index (χ1) is 7.90. The molecule has 96 valence electrons. The standard InChI is InChI=1S/C9H13F3N4O/c1-2-17-4-8-15-6(13)3-7(16-8)14-5-9(10,11)12/h3H,2,4-5H2,1H3,(H3,13,14,15,16). The first kappa shape index (κ1) is 13.5. The minimum absolute atomic E-state index is 0.0320. The molecule has 0 fully saturated rings. The Morgan fingerprint density at radius 3 is 2.71 bits per heavy atom. The Kier molecular flexibility index (Phi) is 4.50. The van der Waals surface area contributed by atoms with Crippen LogP contribution in [0, 0.1) is 0 Å². The molecule has 0 aliphatic heterocycles. The van der Waals surface area contributed by atoms with Crippen LogP contribution in [-0.2, 0) is 11.3 Å². The van der Waals surface area contributed by atoms with Crippen molar-refractivity contribution in [2.24, 2.45) is 0 Å². The first-order valence-corrected chi connectivity index (χ1v) is 4.92. The molecule has 1 aromatic heterocycles. The normalized spacial score (nSPS) is 11.5. The fourth-order valence-corrected chi connectivity index (χ4v) is 1.06. The molecule has 0 bridgehead atoms. The molecule has 0 saturated heterocycles. The third kappa shape index (κ3) is 5.34. The molecule has 0 aliphatic rings. The molecule has 0 radical (unpaired) electrons. The average Bonchev–Trinajstić information content (AvgIpc) is 2.22. The third-order valence-corrected chi connectivity index (χ3v) is 1.70. The molecule has 8 heteroatoms. The predicted molar refractivity (Wildman–Crippen MR) is 56.3 cm³/mol. The molecule has 1 aromatic rings. The van der Waals surface area contributed by atoms with Crippen molar-refractivity contribution in [2.45, 2.75) is 19.7 Å². The van der Waals surface area contributed by atoms with Gasteiger partial charge in [0.15, 0.2) is 5.82 Å². The second-order valence-corrected chi connectivity index (χ2v) is 3.20. The zero-order valence-corrected chi connectivity index (χ0v) is 9.21. The molecular weight excluding hydrogens is 237 g/mol. The van der Waals surface area contributed by atoms with Crippen LogP contribution in [-0.4, -0.2) is 29.3 Å². The minimum atomic E-state index is -4.31. The van der Waals surface area contributed by atoms with Crippen molar-refractivity contribution in [1.29, 1.82) is 0 Å². The van der Waals surface area contributed by atoms with E-state index in [-0.39, 0.29) is 24.1 Å². The van der Waals surface area contributed by atoms with Crippen LogP contribution in [0.15, 0.2) is 6.07 Å². The summed E-state index contributed by atoms with van der Waals surface area (Å²) in [5.74, 6) is 0.375. The Hall–Kier alpha value is -1.57. The lowest BCUT2D eigenvalue weighted by Crippen LogP contribution is -2.22. The number of aromatic nitrogens is 2. The van der Waals surface area contributed by atoms with Crippen molar-refractivity contribution in [2.75, 3.05) is 24.2 Å². The summed E-state index contributed by atoms with van der Waals surface area (Å²) in [6.07, 6.45) is -4.31. The van der Waals surface area contributed by atoms with Crippen LogP contribution in [0.4, 0.5) is 24.8 Å². The van der Waals surface area contributed by atoms with Crippen molar-refractivity contribution in [3.63, 3.8) is 0 Å². The number of nitrogens with zero attached hydrogens (tertiary/aromatic N) is 2. The van der Waals surface area contributed by atoms with E-state index in [0.717, 1.165) is 0 Å². The summed E-state index contributed by atoms with van der Waals surface area (Å²) < 4.78 is 41.0. The molecule has 0 atom stereocenters. The maximum absolute atomic E-state index is 12.0. The topological polar surface area (TPSA) is 73.1 Å². The van der Waals surface area contributed by atoms with E-state index in [9.17, 15) is 13.2 Å². The SMILES string of the molecule is CCOCc1nc(N)cc(NCC(F)(F)F)n1. The Bertz CT molecular complexity index is 370. The fraction of sp³-hybridized carbons (Fsp3) is 0.556. The Morgan fingerprint density at radius 2 is 2.12 bits per heavy atom. The zero-order chi connectivity index (χ0) is 12.9. The molecule has 0 aliphatic carbocycles. The van der Waals surface area contributed by atoms with Gasteiger partial charge in [0, 0.05) is 12.7 Å². The van der Waals surface area contributed by atoms with Gasteiger partial charge in [-0.05, 0) is 6.92 Å². The molecule has 0 saturated carbocycles. The van der Waals surface area contributed by atoms with E-state index in [4.69, 9.17) is 10.5 Å². The van der Waals surface area contributed by atoms with Crippen LogP contribution < -0.4 is 11.1 Å². The number of rotatable bonds is 5. The summed E-state index contributed by atoms with van der Waals surface area (Å²) in [7, 11) is 0. The molecule has 5 nitrogen and oxygen atoms in total. The highest BCUT2D eigenvalue weighted by Crippen LogP contribution is 2.16. The van der Waals surface area contributed by atoms with Gasteiger partial charge in [-0.15, -0.1) is 0 Å². The summed E-state index contributed by atoms with van der Waals surface area (Å²) in [6.45, 7) is 1.19. The van der Waals surface area contributed by atoms with Crippen molar-refractivity contribution >= 4 is 11.6 Å². The molecule has 17 heavy (non-hydrogen) atoms. The number of hydrogen-bond donors (Lipinski definition) is 2. The van der Waals surface area contributed by atoms with Gasteiger partial charge in [-0.3, -0.25) is 0 Å². The number of hydrogen-bond acceptors (Lipinski definition) is 5. The van der Waals surface area contributed by atoms with Gasteiger partial charge in [-0.25, -0.2) is 9.97 Å². The Balaban J connectivity index is 2.68. The summed E-state index contributed by atoms with van der Waals surface area (Å²) >= 11 is 0. The van der Waals surface area contributed by atoms with Crippen LogP contribution in [0.2, 0.25) is 0 Å². The largest absolute Gasteiger partial charge is 0.405 e. The van der Waals surface area contributed by atoms with E-state index in [1.54, 1.807) is 6.92 Å². The van der Waals surface area contributed by atoms with Gasteiger partial charge in [-0.2, -0.15) is 13.2 Å². The number of anilines is 2. The van der Waals surface area contributed by atoms with Gasteiger partial charge in [-0.1, -0.05) is 0 Å². The zero-order valence-electron chi connectivity index (χ0n) is 9.21. The number of halogens is 3. The minimum Gasteiger partial charge on any atom is -0.384 e. The van der Waals surface area contributed by atoms with Crippen LogP contribution in [0.1, 0.15) is 12.7 Å². The van der Waals surface area contributed by atoms with Gasteiger partial charge in [0.1, 0.15) is 24.8 Å². The molecular formula is C9H13F3N4O. The van der Waals surface area contributed by atoms with Crippen molar-refractivity contribution < 1.29 is 17.9 Å². The van der Waals surface area contributed by atoms with E-state index in [1.165, 1.54) is 6.07 Å². The van der Waals surface area contributed by atoms with Crippen LogP contribution >= 0.6 is 0 Å². The smallest absolute Gasteiger partial charge is 0.384 e. The maximum Gasteiger partial charge on any atom is 0.405 e. The summed E-state index contributed by atoms with van der Waals surface area (Å²) in [5.41, 5.74) is 5.44. The van der Waals surface area contributed by atoms with Crippen molar-refractivity contribution in [1.82, 2.24) is 9.97 Å². The number of nitrogens with one attached hydrogen (secondary N) is 1. The van der Waals surface area contributed by atoms with E-state index in [0.29, 0.717) is 6.61 Å². The lowest BCUT2D eigenvalue weighted by Gasteiger charge is -2.10. The average molecular weight is 250 g/mol. The van der Waals surface area contributed by atoms with E-state index in [2.05, 4.69) is 15.3 Å². The van der Waals surface area contributed by atoms with Gasteiger partial charge in [0.25, 0.3) is 0 Å². The van der Waals surface area contributed by atoms with Gasteiger partial charge in [0.05, 0.1) is 0 Å². The molecule has 0 amide bonds. The van der Waals surface area contributed by atoms with Gasteiger partial charge in [0.2, 0.25) is 0 Å². The predicted octanol–water partition coefficient (Wildman–Crippen LogP) is 1.57. The molecule has 1 rings (SSSR count). The Labute approximate surface area is 96.2 Å². The highest BCUT2D eigenvalue weighted by molar-refractivity contribution is 5.44. The third-order valence-electron chi connectivity index (χ3n) is 1.70. The number of ether oxygens (including phenoxy) is 1. The molecule has 0 spiro atoms. The van der Waals surface area contributed by atoms with E-state index >= 15 is 0 Å². The molecule has 0 aromatic carbocycles. The fourth-order valence-electron chi connectivity index (χ4n) is 1.06. The highest BCUT2D eigenvalue weighted by atomic mass is 19.4. The lowest BCUT2D eigenvalue weighted by atomic mass is 10.4. The lowest BCUT2D eigenvalue weighted by molar-refractivity contribution is -0.115. The Morgan fingerprint density at radius 1 is 1.41 bits per heavy atom. The van der Waals surface area contributed by atoms with Crippen molar-refractivity contribution in [3.8, 4) is 0 Å². The monoisotopic (exact) mass is 250 g/mol. The van der Waals surface area contributed by atoms with E-state index in [1.807, 2.05) is 0 Å². The second kappa shape index (κ2) is 5.67. The van der Waals surface area contributed by atoms with E-state index < -0.39 is 12.7 Å². The van der Waals surface area contributed by atoms with Crippen LogP contribution in [0.5, 0.6) is 0 Å². The quantitative estimate of drug-likeness (QED) is 0.829. The van der Waals surface area contributed by atoms with Gasteiger partial charge < -0.3 is 15.8 Å².